The summed E-state index contributed by atoms with van der Waals surface area (Å²) in [6.45, 7) is 5.19. The Morgan fingerprint density at radius 1 is 1.14 bits per heavy atom. The maximum Gasteiger partial charge on any atom is 0.344 e. The fraction of sp³-hybridized carbons (Fsp3) is 0.550. The SMILES string of the molecule is CCOC(=O)COc1ccc(C(=O)[C@H](C)NC(=O)COC2CCNCC2)cc1. The fourth-order valence-electron chi connectivity index (χ4n) is 2.81. The molecule has 1 saturated heterocycles. The van der Waals surface area contributed by atoms with Crippen LogP contribution in [0.3, 0.4) is 0 Å². The topological polar surface area (TPSA) is 103 Å². The number of hydrogen-bond donors (Lipinski definition) is 2. The van der Waals surface area contributed by atoms with Crippen LogP contribution in [0.1, 0.15) is 37.0 Å². The van der Waals surface area contributed by atoms with Crippen molar-refractivity contribution in [3.8, 4) is 5.75 Å². The largest absolute Gasteiger partial charge is 0.482 e. The van der Waals surface area contributed by atoms with Crippen LogP contribution in [0, 0.1) is 0 Å². The second kappa shape index (κ2) is 11.4. The molecule has 1 atom stereocenters. The molecule has 0 aliphatic carbocycles. The predicted octanol–water partition coefficient (Wildman–Crippen LogP) is 1.08. The summed E-state index contributed by atoms with van der Waals surface area (Å²) < 4.78 is 15.7. The van der Waals surface area contributed by atoms with Gasteiger partial charge in [-0.15, -0.1) is 0 Å². The van der Waals surface area contributed by atoms with E-state index in [1.807, 2.05) is 0 Å². The van der Waals surface area contributed by atoms with Gasteiger partial charge >= 0.3 is 5.97 Å². The number of ether oxygens (including phenoxy) is 3. The van der Waals surface area contributed by atoms with E-state index < -0.39 is 12.0 Å². The van der Waals surface area contributed by atoms with Crippen molar-refractivity contribution in [1.29, 1.82) is 0 Å². The highest BCUT2D eigenvalue weighted by Gasteiger charge is 2.19. The fourth-order valence-corrected chi connectivity index (χ4v) is 2.81. The third kappa shape index (κ3) is 7.28. The van der Waals surface area contributed by atoms with Crippen LogP contribution in [-0.2, 0) is 19.1 Å². The number of esters is 1. The zero-order valence-electron chi connectivity index (χ0n) is 16.4. The number of carbonyl (C=O) groups is 3. The number of Topliss-reactive ketones (excluding diaryl/α,β-unsaturated/α-hetero) is 1. The minimum Gasteiger partial charge on any atom is -0.482 e. The highest BCUT2D eigenvalue weighted by atomic mass is 16.6. The van der Waals surface area contributed by atoms with Crippen molar-refractivity contribution in [2.45, 2.75) is 38.8 Å². The van der Waals surface area contributed by atoms with Crippen LogP contribution >= 0.6 is 0 Å². The lowest BCUT2D eigenvalue weighted by molar-refractivity contribution is -0.145. The molecular weight excluding hydrogens is 364 g/mol. The van der Waals surface area contributed by atoms with E-state index in [0.717, 1.165) is 25.9 Å². The Hall–Kier alpha value is -2.45. The van der Waals surface area contributed by atoms with Crippen LogP contribution in [0.4, 0.5) is 0 Å². The second-order valence-electron chi connectivity index (χ2n) is 6.53. The van der Waals surface area contributed by atoms with E-state index in [4.69, 9.17) is 14.2 Å². The molecule has 0 aromatic heterocycles. The zero-order chi connectivity index (χ0) is 20.4. The summed E-state index contributed by atoms with van der Waals surface area (Å²) in [5.41, 5.74) is 0.440. The summed E-state index contributed by atoms with van der Waals surface area (Å²) in [5.74, 6) is -0.525. The minimum absolute atomic E-state index is 0.0527. The van der Waals surface area contributed by atoms with Gasteiger partial charge in [0.2, 0.25) is 5.91 Å². The molecule has 1 aromatic carbocycles. The first-order valence-corrected chi connectivity index (χ1v) is 9.54. The van der Waals surface area contributed by atoms with Gasteiger partial charge in [-0.2, -0.15) is 0 Å². The van der Waals surface area contributed by atoms with Crippen LogP contribution in [0.25, 0.3) is 0 Å². The van der Waals surface area contributed by atoms with Crippen molar-refractivity contribution in [2.24, 2.45) is 0 Å². The molecule has 1 aliphatic heterocycles. The summed E-state index contributed by atoms with van der Waals surface area (Å²) in [7, 11) is 0. The van der Waals surface area contributed by atoms with E-state index in [1.54, 1.807) is 38.1 Å². The van der Waals surface area contributed by atoms with Gasteiger partial charge in [0, 0.05) is 5.56 Å². The first-order chi connectivity index (χ1) is 13.5. The second-order valence-corrected chi connectivity index (χ2v) is 6.53. The Kier molecular flexibility index (Phi) is 8.90. The smallest absolute Gasteiger partial charge is 0.344 e. The molecule has 1 aromatic rings. The van der Waals surface area contributed by atoms with E-state index in [-0.39, 0.29) is 31.0 Å². The molecule has 0 spiro atoms. The lowest BCUT2D eigenvalue weighted by Gasteiger charge is -2.23. The van der Waals surface area contributed by atoms with Crippen LogP contribution < -0.4 is 15.4 Å². The molecule has 154 valence electrons. The molecule has 1 heterocycles. The molecule has 0 saturated carbocycles. The first kappa shape index (κ1) is 21.8. The number of amides is 1. The van der Waals surface area contributed by atoms with Crippen molar-refractivity contribution in [2.75, 3.05) is 32.9 Å². The minimum atomic E-state index is -0.671. The van der Waals surface area contributed by atoms with E-state index in [0.29, 0.717) is 17.9 Å². The molecule has 0 unspecified atom stereocenters. The lowest BCUT2D eigenvalue weighted by atomic mass is 10.1. The van der Waals surface area contributed by atoms with E-state index in [1.165, 1.54) is 0 Å². The summed E-state index contributed by atoms with van der Waals surface area (Å²) in [5, 5.41) is 5.90. The number of carbonyl (C=O) groups excluding carboxylic acids is 3. The lowest BCUT2D eigenvalue weighted by Crippen LogP contribution is -2.42. The number of piperidine rings is 1. The van der Waals surface area contributed by atoms with Gasteiger partial charge in [0.25, 0.3) is 0 Å². The molecule has 2 rings (SSSR count). The standard InChI is InChI=1S/C20H28N2O6/c1-3-26-19(24)13-28-16-6-4-15(5-7-16)20(25)14(2)22-18(23)12-27-17-8-10-21-11-9-17/h4-7,14,17,21H,3,8-13H2,1-2H3,(H,22,23)/t14-/m0/s1. The number of rotatable bonds is 10. The third-order valence-electron chi connectivity index (χ3n) is 4.31. The van der Waals surface area contributed by atoms with Gasteiger partial charge in [0.1, 0.15) is 12.4 Å². The van der Waals surface area contributed by atoms with Crippen molar-refractivity contribution in [1.82, 2.24) is 10.6 Å². The van der Waals surface area contributed by atoms with Gasteiger partial charge in [0.05, 0.1) is 18.8 Å². The van der Waals surface area contributed by atoms with Gasteiger partial charge in [-0.25, -0.2) is 4.79 Å². The maximum atomic E-state index is 12.5. The Morgan fingerprint density at radius 2 is 1.82 bits per heavy atom. The van der Waals surface area contributed by atoms with Crippen molar-refractivity contribution in [3.05, 3.63) is 29.8 Å². The summed E-state index contributed by atoms with van der Waals surface area (Å²) in [4.78, 5) is 35.8. The molecule has 28 heavy (non-hydrogen) atoms. The molecule has 8 heteroatoms. The molecule has 0 bridgehead atoms. The number of nitrogens with one attached hydrogen (secondary N) is 2. The molecular formula is C20H28N2O6. The molecule has 2 N–H and O–H groups in total. The van der Waals surface area contributed by atoms with Gasteiger partial charge in [-0.3, -0.25) is 9.59 Å². The normalized spacial score (nSPS) is 15.5. The van der Waals surface area contributed by atoms with Gasteiger partial charge in [0.15, 0.2) is 12.4 Å². The van der Waals surface area contributed by atoms with Crippen molar-refractivity contribution < 1.29 is 28.6 Å². The average Bonchev–Trinajstić information content (AvgIpc) is 2.71. The van der Waals surface area contributed by atoms with Gasteiger partial charge in [-0.05, 0) is 64.0 Å². The van der Waals surface area contributed by atoms with Gasteiger partial charge < -0.3 is 24.8 Å². The molecule has 1 amide bonds. The maximum absolute atomic E-state index is 12.5. The highest BCUT2D eigenvalue weighted by Crippen LogP contribution is 2.14. The van der Waals surface area contributed by atoms with E-state index in [2.05, 4.69) is 10.6 Å². The molecule has 1 aliphatic rings. The highest BCUT2D eigenvalue weighted by molar-refractivity contribution is 6.01. The van der Waals surface area contributed by atoms with E-state index >= 15 is 0 Å². The third-order valence-corrected chi connectivity index (χ3v) is 4.31. The van der Waals surface area contributed by atoms with Crippen molar-refractivity contribution in [3.63, 3.8) is 0 Å². The number of ketones is 1. The number of hydrogen-bond acceptors (Lipinski definition) is 7. The van der Waals surface area contributed by atoms with Crippen LogP contribution in [-0.4, -0.2) is 62.7 Å². The average molecular weight is 392 g/mol. The Labute approximate surface area is 164 Å². The van der Waals surface area contributed by atoms with Gasteiger partial charge in [-0.1, -0.05) is 0 Å². The van der Waals surface area contributed by atoms with Crippen LogP contribution in [0.2, 0.25) is 0 Å². The summed E-state index contributed by atoms with van der Waals surface area (Å²) in [6, 6.07) is 5.71. The number of benzene rings is 1. The predicted molar refractivity (Wildman–Crippen MR) is 102 cm³/mol. The van der Waals surface area contributed by atoms with Crippen molar-refractivity contribution >= 4 is 17.7 Å². The quantitative estimate of drug-likeness (QED) is 0.454. The molecule has 8 nitrogen and oxygen atoms in total. The van der Waals surface area contributed by atoms with E-state index in [9.17, 15) is 14.4 Å². The summed E-state index contributed by atoms with van der Waals surface area (Å²) in [6.07, 6.45) is 1.85. The Balaban J connectivity index is 1.76. The Morgan fingerprint density at radius 3 is 2.46 bits per heavy atom. The van der Waals surface area contributed by atoms with Crippen LogP contribution in [0.5, 0.6) is 5.75 Å². The molecule has 1 fully saturated rings. The monoisotopic (exact) mass is 392 g/mol. The first-order valence-electron chi connectivity index (χ1n) is 9.54. The Bertz CT molecular complexity index is 655. The van der Waals surface area contributed by atoms with Crippen LogP contribution in [0.15, 0.2) is 24.3 Å². The zero-order valence-corrected chi connectivity index (χ0v) is 16.4. The summed E-state index contributed by atoms with van der Waals surface area (Å²) >= 11 is 0. The molecule has 0 radical (unpaired) electrons.